The number of rotatable bonds is 6. The maximum absolute atomic E-state index is 7.86. The first-order chi connectivity index (χ1) is 11.5. The van der Waals surface area contributed by atoms with Gasteiger partial charge in [0.25, 0.3) is 0 Å². The van der Waals surface area contributed by atoms with Crippen molar-refractivity contribution in [2.75, 3.05) is 17.4 Å². The zero-order valence-electron chi connectivity index (χ0n) is 13.6. The average Bonchev–Trinajstić information content (AvgIpc) is 2.55. The van der Waals surface area contributed by atoms with E-state index in [2.05, 4.69) is 10.3 Å². The predicted molar refractivity (Wildman–Crippen MR) is 98.3 cm³/mol. The van der Waals surface area contributed by atoms with Gasteiger partial charge in [0.05, 0.1) is 17.6 Å². The standard InChI is InChI=1S/C17H20ClN5O/c1-12-4-3-5-15(23(2)20)14(12)11-24-17(19)8-9-21-13-6-7-16(18)22-10-13/h3-10,19,21H,11,20H2,1-2H3/b9-8-,19-17?. The number of hydrazine groups is 1. The van der Waals surface area contributed by atoms with Gasteiger partial charge in [-0.25, -0.2) is 10.8 Å². The number of hydrogen-bond acceptors (Lipinski definition) is 6. The van der Waals surface area contributed by atoms with Crippen LogP contribution in [0, 0.1) is 12.3 Å². The molecule has 1 aromatic carbocycles. The molecule has 24 heavy (non-hydrogen) atoms. The molecule has 0 saturated heterocycles. The summed E-state index contributed by atoms with van der Waals surface area (Å²) in [5.41, 5.74) is 3.66. The summed E-state index contributed by atoms with van der Waals surface area (Å²) in [7, 11) is 1.77. The number of aryl methyl sites for hydroxylation is 1. The summed E-state index contributed by atoms with van der Waals surface area (Å²) in [6, 6.07) is 9.32. The van der Waals surface area contributed by atoms with Gasteiger partial charge in [0, 0.05) is 24.9 Å². The second-order valence-electron chi connectivity index (χ2n) is 5.18. The first-order valence-electron chi connectivity index (χ1n) is 7.30. The maximum Gasteiger partial charge on any atom is 0.207 e. The monoisotopic (exact) mass is 345 g/mol. The molecule has 0 atom stereocenters. The Hall–Kier alpha value is -2.57. The van der Waals surface area contributed by atoms with Crippen LogP contribution in [0.5, 0.6) is 0 Å². The van der Waals surface area contributed by atoms with Crippen molar-refractivity contribution in [3.8, 4) is 0 Å². The lowest BCUT2D eigenvalue weighted by atomic mass is 10.1. The molecule has 0 aliphatic heterocycles. The highest BCUT2D eigenvalue weighted by Gasteiger charge is 2.08. The normalized spacial score (nSPS) is 10.7. The molecular formula is C17H20ClN5O. The number of anilines is 2. The number of nitrogens with two attached hydrogens (primary N) is 1. The van der Waals surface area contributed by atoms with Crippen molar-refractivity contribution in [3.05, 3.63) is 65.1 Å². The fourth-order valence-electron chi connectivity index (χ4n) is 2.08. The van der Waals surface area contributed by atoms with E-state index in [1.807, 2.05) is 25.1 Å². The summed E-state index contributed by atoms with van der Waals surface area (Å²) >= 11 is 5.72. The van der Waals surface area contributed by atoms with Gasteiger partial charge < -0.3 is 15.1 Å². The van der Waals surface area contributed by atoms with Crippen LogP contribution in [0.4, 0.5) is 11.4 Å². The first-order valence-corrected chi connectivity index (χ1v) is 7.68. The molecule has 1 aromatic heterocycles. The van der Waals surface area contributed by atoms with E-state index in [9.17, 15) is 0 Å². The molecule has 0 amide bonds. The largest absolute Gasteiger partial charge is 0.473 e. The topological polar surface area (TPSA) is 87.3 Å². The molecule has 0 spiro atoms. The molecule has 0 saturated carbocycles. The van der Waals surface area contributed by atoms with Crippen molar-refractivity contribution in [1.82, 2.24) is 4.98 Å². The highest BCUT2D eigenvalue weighted by Crippen LogP contribution is 2.22. The molecule has 0 fully saturated rings. The Morgan fingerprint density at radius 3 is 2.88 bits per heavy atom. The van der Waals surface area contributed by atoms with Gasteiger partial charge in [-0.15, -0.1) is 0 Å². The zero-order chi connectivity index (χ0) is 17.5. The SMILES string of the molecule is Cc1cccc(N(C)N)c1COC(=N)/C=C\Nc1ccc(Cl)nc1. The van der Waals surface area contributed by atoms with E-state index < -0.39 is 0 Å². The molecule has 7 heteroatoms. The molecule has 0 unspecified atom stereocenters. The number of aromatic nitrogens is 1. The van der Waals surface area contributed by atoms with Crippen LogP contribution in [0.25, 0.3) is 0 Å². The van der Waals surface area contributed by atoms with Crippen LogP contribution in [-0.4, -0.2) is 17.9 Å². The van der Waals surface area contributed by atoms with Gasteiger partial charge in [0.1, 0.15) is 11.8 Å². The van der Waals surface area contributed by atoms with E-state index in [1.165, 1.54) is 6.08 Å². The Morgan fingerprint density at radius 1 is 1.42 bits per heavy atom. The first kappa shape index (κ1) is 17.8. The Balaban J connectivity index is 1.91. The lowest BCUT2D eigenvalue weighted by Crippen LogP contribution is -2.26. The third-order valence-electron chi connectivity index (χ3n) is 3.35. The van der Waals surface area contributed by atoms with Gasteiger partial charge in [0.15, 0.2) is 0 Å². The molecular weight excluding hydrogens is 326 g/mol. The van der Waals surface area contributed by atoms with Crippen molar-refractivity contribution in [3.63, 3.8) is 0 Å². The Bertz CT molecular complexity index is 728. The van der Waals surface area contributed by atoms with Gasteiger partial charge in [-0.3, -0.25) is 5.41 Å². The zero-order valence-corrected chi connectivity index (χ0v) is 14.3. The third-order valence-corrected chi connectivity index (χ3v) is 3.57. The average molecular weight is 346 g/mol. The van der Waals surface area contributed by atoms with Crippen molar-refractivity contribution in [2.45, 2.75) is 13.5 Å². The smallest absolute Gasteiger partial charge is 0.207 e. The fraction of sp³-hybridized carbons (Fsp3) is 0.176. The Labute approximate surface area is 146 Å². The number of pyridine rings is 1. The van der Waals surface area contributed by atoms with E-state index in [1.54, 1.807) is 36.6 Å². The second-order valence-corrected chi connectivity index (χ2v) is 5.57. The molecule has 4 N–H and O–H groups in total. The summed E-state index contributed by atoms with van der Waals surface area (Å²) in [6.07, 6.45) is 4.74. The van der Waals surface area contributed by atoms with E-state index in [-0.39, 0.29) is 12.5 Å². The summed E-state index contributed by atoms with van der Waals surface area (Å²) in [4.78, 5) is 3.96. The van der Waals surface area contributed by atoms with Crippen molar-refractivity contribution >= 4 is 28.9 Å². The molecule has 0 aliphatic carbocycles. The molecule has 2 aromatic rings. The number of benzene rings is 1. The molecule has 0 radical (unpaired) electrons. The van der Waals surface area contributed by atoms with Crippen LogP contribution in [0.1, 0.15) is 11.1 Å². The van der Waals surface area contributed by atoms with Gasteiger partial charge in [-0.2, -0.15) is 0 Å². The lowest BCUT2D eigenvalue weighted by molar-refractivity contribution is 0.292. The molecule has 6 nitrogen and oxygen atoms in total. The van der Waals surface area contributed by atoms with Crippen LogP contribution >= 0.6 is 11.6 Å². The minimum Gasteiger partial charge on any atom is -0.473 e. The summed E-state index contributed by atoms with van der Waals surface area (Å²) in [5.74, 6) is 5.87. The third kappa shape index (κ3) is 4.97. The van der Waals surface area contributed by atoms with E-state index in [4.69, 9.17) is 27.6 Å². The number of hydrogen-bond donors (Lipinski definition) is 3. The van der Waals surface area contributed by atoms with Crippen molar-refractivity contribution in [1.29, 1.82) is 5.41 Å². The number of nitrogens with one attached hydrogen (secondary N) is 2. The number of nitrogens with zero attached hydrogens (tertiary/aromatic N) is 2. The van der Waals surface area contributed by atoms with E-state index in [0.717, 1.165) is 22.5 Å². The van der Waals surface area contributed by atoms with Gasteiger partial charge in [-0.1, -0.05) is 23.7 Å². The molecule has 1 heterocycles. The van der Waals surface area contributed by atoms with Crippen LogP contribution < -0.4 is 16.2 Å². The van der Waals surface area contributed by atoms with Crippen LogP contribution in [0.2, 0.25) is 5.15 Å². The van der Waals surface area contributed by atoms with Crippen molar-refractivity contribution < 1.29 is 4.74 Å². The highest BCUT2D eigenvalue weighted by molar-refractivity contribution is 6.29. The minimum atomic E-state index is 0.0401. The number of ether oxygens (including phenoxy) is 1. The predicted octanol–water partition coefficient (Wildman–Crippen LogP) is 3.47. The van der Waals surface area contributed by atoms with E-state index >= 15 is 0 Å². The second kappa shape index (κ2) is 8.33. The molecule has 0 bridgehead atoms. The molecule has 2 rings (SSSR count). The van der Waals surface area contributed by atoms with Crippen molar-refractivity contribution in [2.24, 2.45) is 5.84 Å². The summed E-state index contributed by atoms with van der Waals surface area (Å²) in [5, 5.41) is 12.8. The Kier molecular flexibility index (Phi) is 6.17. The maximum atomic E-state index is 7.86. The van der Waals surface area contributed by atoms with Crippen LogP contribution in [-0.2, 0) is 11.3 Å². The Morgan fingerprint density at radius 2 is 2.21 bits per heavy atom. The van der Waals surface area contributed by atoms with Gasteiger partial charge >= 0.3 is 0 Å². The fourth-order valence-corrected chi connectivity index (χ4v) is 2.19. The van der Waals surface area contributed by atoms with Crippen LogP contribution in [0.15, 0.2) is 48.8 Å². The van der Waals surface area contributed by atoms with Gasteiger partial charge in [-0.05, 0) is 30.7 Å². The van der Waals surface area contributed by atoms with Crippen LogP contribution in [0.3, 0.4) is 0 Å². The highest BCUT2D eigenvalue weighted by atomic mass is 35.5. The lowest BCUT2D eigenvalue weighted by Gasteiger charge is -2.19. The van der Waals surface area contributed by atoms with Gasteiger partial charge in [0.2, 0.25) is 5.90 Å². The quantitative estimate of drug-likeness (QED) is 0.245. The molecule has 126 valence electrons. The summed E-state index contributed by atoms with van der Waals surface area (Å²) < 4.78 is 5.49. The van der Waals surface area contributed by atoms with E-state index in [0.29, 0.717) is 5.15 Å². The molecule has 0 aliphatic rings. The number of halogens is 1. The summed E-state index contributed by atoms with van der Waals surface area (Å²) in [6.45, 7) is 2.26. The minimum absolute atomic E-state index is 0.0401.